The van der Waals surface area contributed by atoms with E-state index in [9.17, 15) is 9.90 Å². The molecule has 40 heavy (non-hydrogen) atoms. The van der Waals surface area contributed by atoms with Gasteiger partial charge in [-0.25, -0.2) is 4.68 Å². The van der Waals surface area contributed by atoms with Crippen molar-refractivity contribution in [2.75, 3.05) is 6.54 Å². The zero-order valence-electron chi connectivity index (χ0n) is 24.2. The molecular formula is C33H38N4O3. The molecule has 208 valence electrons. The number of nitrogens with zero attached hydrogens (tertiary/aromatic N) is 4. The van der Waals surface area contributed by atoms with Gasteiger partial charge < -0.3 is 9.84 Å². The number of carbonyl (C=O) groups is 1. The maximum atomic E-state index is 12.7. The number of carboxylic acid groups (broad SMARTS) is 1. The number of aromatic nitrogens is 3. The van der Waals surface area contributed by atoms with Gasteiger partial charge in [0.05, 0.1) is 10.9 Å². The number of rotatable bonds is 5. The minimum absolute atomic E-state index is 0.237. The quantitative estimate of drug-likeness (QED) is 0.327. The smallest absolute Gasteiger partial charge is 0.310 e. The molecule has 0 saturated carbocycles. The first-order valence-electron chi connectivity index (χ1n) is 14.1. The highest BCUT2D eigenvalue weighted by Crippen LogP contribution is 2.47. The minimum Gasteiger partial charge on any atom is -0.486 e. The molecule has 0 spiro atoms. The van der Waals surface area contributed by atoms with Gasteiger partial charge in [-0.15, -0.1) is 5.10 Å². The number of para-hydroxylation sites is 1. The van der Waals surface area contributed by atoms with Gasteiger partial charge in [0.25, 0.3) is 0 Å². The summed E-state index contributed by atoms with van der Waals surface area (Å²) in [4.78, 5) is 15.3. The molecule has 2 heterocycles. The van der Waals surface area contributed by atoms with Crippen LogP contribution < -0.4 is 4.74 Å². The number of fused-ring (bicyclic) bond motifs is 3. The van der Waals surface area contributed by atoms with Gasteiger partial charge in [0, 0.05) is 37.7 Å². The molecule has 0 saturated heterocycles. The monoisotopic (exact) mass is 538 g/mol. The molecule has 0 radical (unpaired) electrons. The molecule has 0 amide bonds. The second-order valence-electron chi connectivity index (χ2n) is 12.7. The van der Waals surface area contributed by atoms with Crippen LogP contribution in [-0.4, -0.2) is 43.1 Å². The first-order chi connectivity index (χ1) is 19.0. The van der Waals surface area contributed by atoms with Gasteiger partial charge in [-0.05, 0) is 87.4 Å². The SMILES string of the molecule is Cc1c(C(c2ccc3c(c2)[C@@H](N2Cc4ccccc4OC(C)(C)C2)CC3)C(C)(C)C(=O)O)ccc2c1nnn2C. The van der Waals surface area contributed by atoms with Crippen LogP contribution in [0.15, 0.2) is 54.6 Å². The second-order valence-corrected chi connectivity index (χ2v) is 12.7. The molecule has 0 fully saturated rings. The summed E-state index contributed by atoms with van der Waals surface area (Å²) >= 11 is 0. The summed E-state index contributed by atoms with van der Waals surface area (Å²) in [7, 11) is 1.88. The highest BCUT2D eigenvalue weighted by molar-refractivity contribution is 5.81. The van der Waals surface area contributed by atoms with Crippen molar-refractivity contribution >= 4 is 17.0 Å². The van der Waals surface area contributed by atoms with Crippen LogP contribution in [0.4, 0.5) is 0 Å². The Labute approximate surface area is 235 Å². The maximum Gasteiger partial charge on any atom is 0.310 e. The normalized spacial score (nSPS) is 19.5. The Morgan fingerprint density at radius 3 is 2.67 bits per heavy atom. The van der Waals surface area contributed by atoms with E-state index >= 15 is 0 Å². The summed E-state index contributed by atoms with van der Waals surface area (Å²) in [5.41, 5.74) is 7.22. The third kappa shape index (κ3) is 4.37. The Bertz CT molecular complexity index is 1620. The average Bonchev–Trinajstić information content (AvgIpc) is 3.45. The van der Waals surface area contributed by atoms with Crippen molar-refractivity contribution in [1.29, 1.82) is 0 Å². The van der Waals surface area contributed by atoms with E-state index in [1.165, 1.54) is 16.7 Å². The van der Waals surface area contributed by atoms with Crippen LogP contribution in [0.1, 0.15) is 79.5 Å². The summed E-state index contributed by atoms with van der Waals surface area (Å²) in [5, 5.41) is 19.0. The van der Waals surface area contributed by atoms with Crippen LogP contribution in [0.2, 0.25) is 0 Å². The summed E-state index contributed by atoms with van der Waals surface area (Å²) in [5.74, 6) is -0.219. The molecule has 7 heteroatoms. The van der Waals surface area contributed by atoms with Crippen LogP contribution in [0.25, 0.3) is 11.0 Å². The topological polar surface area (TPSA) is 80.5 Å². The van der Waals surface area contributed by atoms with Gasteiger partial charge >= 0.3 is 5.97 Å². The molecule has 0 bridgehead atoms. The summed E-state index contributed by atoms with van der Waals surface area (Å²) < 4.78 is 8.20. The molecule has 2 aliphatic rings. The Hall–Kier alpha value is -3.71. The first-order valence-corrected chi connectivity index (χ1v) is 14.1. The van der Waals surface area contributed by atoms with Crippen molar-refractivity contribution in [2.24, 2.45) is 12.5 Å². The van der Waals surface area contributed by atoms with Crippen LogP contribution in [0.3, 0.4) is 0 Å². The fourth-order valence-corrected chi connectivity index (χ4v) is 6.88. The van der Waals surface area contributed by atoms with E-state index in [4.69, 9.17) is 4.74 Å². The van der Waals surface area contributed by atoms with Crippen molar-refractivity contribution in [2.45, 2.75) is 71.6 Å². The van der Waals surface area contributed by atoms with Crippen molar-refractivity contribution < 1.29 is 14.6 Å². The Morgan fingerprint density at radius 1 is 1.12 bits per heavy atom. The van der Waals surface area contributed by atoms with Crippen LogP contribution in [-0.2, 0) is 24.8 Å². The van der Waals surface area contributed by atoms with E-state index in [0.29, 0.717) is 0 Å². The van der Waals surface area contributed by atoms with E-state index in [1.807, 2.05) is 40.0 Å². The molecule has 1 aliphatic heterocycles. The van der Waals surface area contributed by atoms with Gasteiger partial charge in [-0.2, -0.15) is 0 Å². The lowest BCUT2D eigenvalue weighted by Crippen LogP contribution is -2.41. The Balaban J connectivity index is 1.45. The number of ether oxygens (including phenoxy) is 1. The zero-order valence-corrected chi connectivity index (χ0v) is 24.2. The molecule has 1 N–H and O–H groups in total. The lowest BCUT2D eigenvalue weighted by Gasteiger charge is -2.35. The zero-order chi connectivity index (χ0) is 28.4. The van der Waals surface area contributed by atoms with Crippen LogP contribution in [0.5, 0.6) is 5.75 Å². The third-order valence-corrected chi connectivity index (χ3v) is 8.97. The largest absolute Gasteiger partial charge is 0.486 e. The highest BCUT2D eigenvalue weighted by Gasteiger charge is 2.42. The highest BCUT2D eigenvalue weighted by atomic mass is 16.5. The molecule has 6 rings (SSSR count). The van der Waals surface area contributed by atoms with Gasteiger partial charge in [0.15, 0.2) is 0 Å². The van der Waals surface area contributed by atoms with E-state index in [1.54, 1.807) is 4.68 Å². The number of carboxylic acids is 1. The molecule has 4 aromatic rings. The third-order valence-electron chi connectivity index (χ3n) is 8.97. The minimum atomic E-state index is -1.04. The number of hydrogen-bond acceptors (Lipinski definition) is 5. The van der Waals surface area contributed by atoms with E-state index < -0.39 is 11.4 Å². The molecular weight excluding hydrogens is 500 g/mol. The Kier molecular flexibility index (Phi) is 6.26. The van der Waals surface area contributed by atoms with Crippen molar-refractivity contribution in [3.63, 3.8) is 0 Å². The predicted molar refractivity (Wildman–Crippen MR) is 156 cm³/mol. The predicted octanol–water partition coefficient (Wildman–Crippen LogP) is 6.18. The van der Waals surface area contributed by atoms with Gasteiger partial charge in [0.1, 0.15) is 16.9 Å². The molecule has 1 unspecified atom stereocenters. The maximum absolute atomic E-state index is 12.7. The van der Waals surface area contributed by atoms with E-state index in [2.05, 4.69) is 71.5 Å². The van der Waals surface area contributed by atoms with Crippen molar-refractivity contribution in [3.05, 3.63) is 88.0 Å². The van der Waals surface area contributed by atoms with Crippen molar-refractivity contribution in [3.8, 4) is 5.75 Å². The lowest BCUT2D eigenvalue weighted by atomic mass is 9.69. The summed E-state index contributed by atoms with van der Waals surface area (Å²) in [6.07, 6.45) is 2.05. The standard InChI is InChI=1S/C33H38N4O3/c1-20-24(14-16-27-30(20)34-35-36(27)6)29(33(4,5)31(38)39)22-12-11-21-13-15-26(25(21)17-22)37-18-23-9-7-8-10-28(23)40-32(2,3)19-37/h7-12,14,16-17,26,29H,13,15,18-19H2,1-6H3,(H,38,39)/t26-,29?/m0/s1. The number of hydrogen-bond donors (Lipinski definition) is 1. The molecule has 3 aromatic carbocycles. The number of aliphatic carboxylic acids is 1. The number of benzene rings is 3. The Morgan fingerprint density at radius 2 is 1.90 bits per heavy atom. The van der Waals surface area contributed by atoms with E-state index in [-0.39, 0.29) is 17.6 Å². The van der Waals surface area contributed by atoms with Crippen molar-refractivity contribution in [1.82, 2.24) is 19.9 Å². The van der Waals surface area contributed by atoms with Gasteiger partial charge in [-0.1, -0.05) is 47.7 Å². The number of aryl methyl sites for hydroxylation is 3. The lowest BCUT2D eigenvalue weighted by molar-refractivity contribution is -0.147. The fourth-order valence-electron chi connectivity index (χ4n) is 6.88. The fraction of sp³-hybridized carbons (Fsp3) is 0.424. The average molecular weight is 539 g/mol. The van der Waals surface area contributed by atoms with Crippen LogP contribution >= 0.6 is 0 Å². The van der Waals surface area contributed by atoms with Crippen LogP contribution in [0, 0.1) is 12.3 Å². The van der Waals surface area contributed by atoms with Gasteiger partial charge in [-0.3, -0.25) is 9.69 Å². The molecule has 7 nitrogen and oxygen atoms in total. The molecule has 2 atom stereocenters. The van der Waals surface area contributed by atoms with Gasteiger partial charge in [0.2, 0.25) is 0 Å². The molecule has 1 aromatic heterocycles. The first kappa shape index (κ1) is 26.5. The summed E-state index contributed by atoms with van der Waals surface area (Å²) in [6, 6.07) is 19.3. The summed E-state index contributed by atoms with van der Waals surface area (Å²) in [6.45, 7) is 11.6. The van der Waals surface area contributed by atoms with E-state index in [0.717, 1.165) is 59.4 Å². The molecule has 1 aliphatic carbocycles. The second kappa shape index (κ2) is 9.44.